The fourth-order valence-electron chi connectivity index (χ4n) is 1.31. The molecule has 0 aliphatic heterocycles. The number of hydrogen-bond donors (Lipinski definition) is 0. The van der Waals surface area contributed by atoms with Crippen molar-refractivity contribution in [1.29, 1.82) is 0 Å². The summed E-state index contributed by atoms with van der Waals surface area (Å²) < 4.78 is 4.58. The second kappa shape index (κ2) is 6.59. The topological polar surface area (TPSA) is 26.3 Å². The Bertz CT molecular complexity index is 330. The molecule has 0 bridgehead atoms. The number of carbonyl (C=O) groups excluding carboxylic acids is 1. The first-order valence-electron chi connectivity index (χ1n) is 5.37. The zero-order valence-corrected chi connectivity index (χ0v) is 10.8. The molecule has 0 unspecified atom stereocenters. The monoisotopic (exact) mass is 238 g/mol. The predicted molar refractivity (Wildman–Crippen MR) is 68.7 cm³/mol. The van der Waals surface area contributed by atoms with Gasteiger partial charge in [0, 0.05) is 5.75 Å². The van der Waals surface area contributed by atoms with Crippen LogP contribution in [0.15, 0.2) is 24.3 Å². The van der Waals surface area contributed by atoms with E-state index in [1.165, 1.54) is 18.2 Å². The van der Waals surface area contributed by atoms with Gasteiger partial charge in [0.05, 0.1) is 12.9 Å². The van der Waals surface area contributed by atoms with E-state index in [1.807, 2.05) is 0 Å². The van der Waals surface area contributed by atoms with Crippen LogP contribution in [-0.2, 0) is 15.3 Å². The lowest BCUT2D eigenvalue weighted by atomic mass is 10.0. The van der Waals surface area contributed by atoms with Gasteiger partial charge in [-0.3, -0.25) is 4.79 Å². The van der Waals surface area contributed by atoms with Crippen LogP contribution < -0.4 is 0 Å². The van der Waals surface area contributed by atoms with E-state index in [1.54, 1.807) is 11.8 Å². The molecule has 1 rings (SSSR count). The van der Waals surface area contributed by atoms with Crippen LogP contribution in [-0.4, -0.2) is 18.8 Å². The zero-order valence-electron chi connectivity index (χ0n) is 10.0. The third-order valence-electron chi connectivity index (χ3n) is 2.36. The van der Waals surface area contributed by atoms with Gasteiger partial charge in [-0.2, -0.15) is 0 Å². The van der Waals surface area contributed by atoms with Gasteiger partial charge in [0.15, 0.2) is 0 Å². The minimum Gasteiger partial charge on any atom is -0.468 e. The number of esters is 1. The number of methoxy groups -OCH3 is 1. The number of hydrogen-bond acceptors (Lipinski definition) is 3. The Morgan fingerprint density at radius 2 is 1.94 bits per heavy atom. The summed E-state index contributed by atoms with van der Waals surface area (Å²) in [5.74, 6) is 1.68. The Hall–Kier alpha value is -0.960. The van der Waals surface area contributed by atoms with Crippen molar-refractivity contribution in [1.82, 2.24) is 0 Å². The molecule has 0 spiro atoms. The summed E-state index contributed by atoms with van der Waals surface area (Å²) in [7, 11) is 1.42. The first-order valence-corrected chi connectivity index (χ1v) is 6.52. The average molecular weight is 238 g/mol. The maximum atomic E-state index is 10.9. The molecule has 0 saturated carbocycles. The molecular formula is C13H18O2S. The molecule has 0 aliphatic carbocycles. The molecule has 0 N–H and O–H groups in total. The SMILES string of the molecule is COC(=O)CSCc1ccc(C(C)C)cc1. The van der Waals surface area contributed by atoms with Gasteiger partial charge in [-0.25, -0.2) is 0 Å². The Morgan fingerprint density at radius 1 is 1.31 bits per heavy atom. The van der Waals surface area contributed by atoms with Gasteiger partial charge in [-0.15, -0.1) is 11.8 Å². The van der Waals surface area contributed by atoms with E-state index >= 15 is 0 Å². The zero-order chi connectivity index (χ0) is 12.0. The van der Waals surface area contributed by atoms with Gasteiger partial charge in [0.2, 0.25) is 0 Å². The van der Waals surface area contributed by atoms with Crippen molar-refractivity contribution in [2.24, 2.45) is 0 Å². The Labute approximate surface area is 101 Å². The number of carbonyl (C=O) groups is 1. The van der Waals surface area contributed by atoms with E-state index in [9.17, 15) is 4.79 Å². The average Bonchev–Trinajstić information content (AvgIpc) is 2.29. The third kappa shape index (κ3) is 4.27. The van der Waals surface area contributed by atoms with Gasteiger partial charge in [-0.1, -0.05) is 38.1 Å². The highest BCUT2D eigenvalue weighted by Gasteiger charge is 2.02. The maximum Gasteiger partial charge on any atom is 0.315 e. The third-order valence-corrected chi connectivity index (χ3v) is 3.34. The fourth-order valence-corrected chi connectivity index (χ4v) is 2.12. The number of thioether (sulfide) groups is 1. The van der Waals surface area contributed by atoms with Crippen molar-refractivity contribution in [3.05, 3.63) is 35.4 Å². The standard InChI is InChI=1S/C13H18O2S/c1-10(2)12-6-4-11(5-7-12)8-16-9-13(14)15-3/h4-7,10H,8-9H2,1-3H3. The van der Waals surface area contributed by atoms with Crippen molar-refractivity contribution in [3.63, 3.8) is 0 Å². The second-order valence-electron chi connectivity index (χ2n) is 3.97. The van der Waals surface area contributed by atoms with Gasteiger partial charge in [0.25, 0.3) is 0 Å². The van der Waals surface area contributed by atoms with Crippen LogP contribution in [0.2, 0.25) is 0 Å². The Kier molecular flexibility index (Phi) is 5.39. The van der Waals surface area contributed by atoms with Crippen LogP contribution in [0.4, 0.5) is 0 Å². The van der Waals surface area contributed by atoms with Crippen molar-refractivity contribution < 1.29 is 9.53 Å². The highest BCUT2D eigenvalue weighted by molar-refractivity contribution is 7.99. The molecular weight excluding hydrogens is 220 g/mol. The highest BCUT2D eigenvalue weighted by Crippen LogP contribution is 2.17. The molecule has 88 valence electrons. The molecule has 1 aromatic carbocycles. The van der Waals surface area contributed by atoms with Crippen LogP contribution in [0.1, 0.15) is 30.9 Å². The molecule has 0 radical (unpaired) electrons. The number of benzene rings is 1. The molecule has 0 fully saturated rings. The van der Waals surface area contributed by atoms with Gasteiger partial charge < -0.3 is 4.74 Å². The highest BCUT2D eigenvalue weighted by atomic mass is 32.2. The van der Waals surface area contributed by atoms with E-state index in [0.29, 0.717) is 11.7 Å². The Balaban J connectivity index is 2.40. The summed E-state index contributed by atoms with van der Waals surface area (Å²) in [5, 5.41) is 0. The van der Waals surface area contributed by atoms with Crippen LogP contribution in [0.3, 0.4) is 0 Å². The molecule has 3 heteroatoms. The first-order chi connectivity index (χ1) is 7.63. The fraction of sp³-hybridized carbons (Fsp3) is 0.462. The van der Waals surface area contributed by atoms with Crippen LogP contribution in [0, 0.1) is 0 Å². The summed E-state index contributed by atoms with van der Waals surface area (Å²) in [5.41, 5.74) is 2.60. The lowest BCUT2D eigenvalue weighted by molar-refractivity contribution is -0.137. The smallest absolute Gasteiger partial charge is 0.315 e. The van der Waals surface area contributed by atoms with Gasteiger partial charge in [0.1, 0.15) is 0 Å². The molecule has 0 atom stereocenters. The molecule has 16 heavy (non-hydrogen) atoms. The Morgan fingerprint density at radius 3 is 2.44 bits per heavy atom. The predicted octanol–water partition coefficient (Wildman–Crippen LogP) is 3.22. The minimum absolute atomic E-state index is 0.163. The molecule has 0 heterocycles. The molecule has 0 amide bonds. The summed E-state index contributed by atoms with van der Waals surface area (Å²) >= 11 is 1.58. The molecule has 0 saturated heterocycles. The quantitative estimate of drug-likeness (QED) is 0.737. The minimum atomic E-state index is -0.163. The van der Waals surface area contributed by atoms with E-state index in [-0.39, 0.29) is 5.97 Å². The lowest BCUT2D eigenvalue weighted by Crippen LogP contribution is -2.03. The van der Waals surface area contributed by atoms with Gasteiger partial charge in [-0.05, 0) is 17.0 Å². The number of rotatable bonds is 5. The largest absolute Gasteiger partial charge is 0.468 e. The van der Waals surface area contributed by atoms with Crippen molar-refractivity contribution >= 4 is 17.7 Å². The van der Waals surface area contributed by atoms with Gasteiger partial charge >= 0.3 is 5.97 Å². The summed E-state index contributed by atoms with van der Waals surface area (Å²) in [4.78, 5) is 10.9. The summed E-state index contributed by atoms with van der Waals surface area (Å²) in [6, 6.07) is 8.55. The van der Waals surface area contributed by atoms with E-state index < -0.39 is 0 Å². The van der Waals surface area contributed by atoms with Crippen molar-refractivity contribution in [3.8, 4) is 0 Å². The summed E-state index contributed by atoms with van der Waals surface area (Å²) in [6.45, 7) is 4.36. The van der Waals surface area contributed by atoms with Crippen molar-refractivity contribution in [2.45, 2.75) is 25.5 Å². The normalized spacial score (nSPS) is 10.5. The maximum absolute atomic E-state index is 10.9. The second-order valence-corrected chi connectivity index (χ2v) is 4.95. The molecule has 0 aliphatic rings. The van der Waals surface area contributed by atoms with Crippen molar-refractivity contribution in [2.75, 3.05) is 12.9 Å². The lowest BCUT2D eigenvalue weighted by Gasteiger charge is -2.06. The van der Waals surface area contributed by atoms with E-state index in [0.717, 1.165) is 5.75 Å². The molecule has 1 aromatic rings. The van der Waals surface area contributed by atoms with E-state index in [2.05, 4.69) is 42.8 Å². The molecule has 2 nitrogen and oxygen atoms in total. The van der Waals surface area contributed by atoms with Crippen LogP contribution in [0.25, 0.3) is 0 Å². The van der Waals surface area contributed by atoms with Crippen LogP contribution in [0.5, 0.6) is 0 Å². The van der Waals surface area contributed by atoms with Crippen LogP contribution >= 0.6 is 11.8 Å². The molecule has 0 aromatic heterocycles. The summed E-state index contributed by atoms with van der Waals surface area (Å²) in [6.07, 6.45) is 0. The first kappa shape index (κ1) is 13.1. The van der Waals surface area contributed by atoms with E-state index in [4.69, 9.17) is 0 Å². The number of ether oxygens (including phenoxy) is 1.